The van der Waals surface area contributed by atoms with Crippen LogP contribution in [0.2, 0.25) is 0 Å². The summed E-state index contributed by atoms with van der Waals surface area (Å²) in [5.74, 6) is -0.405. The van der Waals surface area contributed by atoms with E-state index in [0.29, 0.717) is 0 Å². The highest BCUT2D eigenvalue weighted by molar-refractivity contribution is 7.46. The Morgan fingerprint density at radius 1 is 1.00 bits per heavy atom. The van der Waals surface area contributed by atoms with E-state index in [1.54, 1.807) is 6.08 Å². The molecule has 28 heavy (non-hydrogen) atoms. The van der Waals surface area contributed by atoms with Crippen LogP contribution in [-0.4, -0.2) is 39.6 Å². The molecule has 0 aromatic rings. The molecule has 0 aromatic carbocycles. The van der Waals surface area contributed by atoms with E-state index >= 15 is 0 Å². The van der Waals surface area contributed by atoms with Gasteiger partial charge in [0.2, 0.25) is 5.91 Å². The van der Waals surface area contributed by atoms with Gasteiger partial charge in [-0.1, -0.05) is 83.3 Å². The van der Waals surface area contributed by atoms with Gasteiger partial charge in [0.15, 0.2) is 0 Å². The van der Waals surface area contributed by atoms with Gasteiger partial charge in [-0.05, 0) is 12.8 Å². The third kappa shape index (κ3) is 18.6. The molecule has 0 saturated carbocycles. The van der Waals surface area contributed by atoms with Crippen LogP contribution in [0.1, 0.15) is 90.9 Å². The van der Waals surface area contributed by atoms with Crippen molar-refractivity contribution in [3.63, 3.8) is 0 Å². The molecule has 0 heterocycles. The fraction of sp³-hybridized carbons (Fsp3) is 0.850. The van der Waals surface area contributed by atoms with E-state index in [9.17, 15) is 14.5 Å². The summed E-state index contributed by atoms with van der Waals surface area (Å²) in [5.41, 5.74) is 0. The average Bonchev–Trinajstić information content (AvgIpc) is 2.61. The minimum Gasteiger partial charge on any atom is -0.387 e. The summed E-state index contributed by atoms with van der Waals surface area (Å²) >= 11 is 0. The molecule has 0 aliphatic rings. The standard InChI is InChI=1S/C20H40NO6P/c1-3-4-5-6-7-8-9-10-11-12-13-14-15-16-20(23)19(21-18(2)22)17-27-28(24,25)26/h15-16,19-20,23H,3-14,17H2,1-2H3,(H,21,22)(H2,24,25,26)/t19-,20+/m0/s1. The smallest absolute Gasteiger partial charge is 0.387 e. The molecule has 0 aliphatic heterocycles. The van der Waals surface area contributed by atoms with Crippen molar-refractivity contribution in [2.24, 2.45) is 0 Å². The lowest BCUT2D eigenvalue weighted by molar-refractivity contribution is -0.120. The third-order valence-electron chi connectivity index (χ3n) is 4.53. The number of aliphatic hydroxyl groups excluding tert-OH is 1. The van der Waals surface area contributed by atoms with Gasteiger partial charge in [0.05, 0.1) is 18.8 Å². The minimum absolute atomic E-state index is 0.405. The molecule has 0 spiro atoms. The molecule has 0 unspecified atom stereocenters. The van der Waals surface area contributed by atoms with Gasteiger partial charge in [-0.3, -0.25) is 9.32 Å². The van der Waals surface area contributed by atoms with Crippen molar-refractivity contribution in [3.05, 3.63) is 12.2 Å². The van der Waals surface area contributed by atoms with Crippen molar-refractivity contribution in [2.45, 2.75) is 103 Å². The molecule has 2 atom stereocenters. The van der Waals surface area contributed by atoms with Crippen molar-refractivity contribution < 1.29 is 28.8 Å². The summed E-state index contributed by atoms with van der Waals surface area (Å²) in [4.78, 5) is 28.7. The van der Waals surface area contributed by atoms with Crippen LogP contribution in [0.3, 0.4) is 0 Å². The van der Waals surface area contributed by atoms with Gasteiger partial charge < -0.3 is 20.2 Å². The van der Waals surface area contributed by atoms with Crippen LogP contribution in [-0.2, 0) is 13.9 Å². The van der Waals surface area contributed by atoms with Gasteiger partial charge in [0, 0.05) is 6.92 Å². The van der Waals surface area contributed by atoms with Gasteiger partial charge in [-0.15, -0.1) is 0 Å². The van der Waals surface area contributed by atoms with Crippen LogP contribution in [0.5, 0.6) is 0 Å². The van der Waals surface area contributed by atoms with E-state index in [0.717, 1.165) is 19.3 Å². The first kappa shape index (κ1) is 27.3. The number of phosphoric acid groups is 1. The Balaban J connectivity index is 3.84. The number of amides is 1. The Morgan fingerprint density at radius 3 is 1.96 bits per heavy atom. The van der Waals surface area contributed by atoms with E-state index in [1.165, 1.54) is 64.7 Å². The zero-order valence-corrected chi connectivity index (χ0v) is 18.4. The molecule has 0 radical (unpaired) electrons. The Morgan fingerprint density at radius 2 is 1.50 bits per heavy atom. The number of allylic oxidation sites excluding steroid dienone is 1. The summed E-state index contributed by atoms with van der Waals surface area (Å²) in [6.07, 6.45) is 17.1. The molecule has 0 aromatic heterocycles. The van der Waals surface area contributed by atoms with E-state index in [-0.39, 0.29) is 0 Å². The fourth-order valence-electron chi connectivity index (χ4n) is 2.96. The molecular formula is C20H40NO6P. The van der Waals surface area contributed by atoms with Crippen LogP contribution >= 0.6 is 7.82 Å². The lowest BCUT2D eigenvalue weighted by atomic mass is 10.0. The molecule has 7 nitrogen and oxygen atoms in total. The van der Waals surface area contributed by atoms with Crippen molar-refractivity contribution >= 4 is 13.7 Å². The fourth-order valence-corrected chi connectivity index (χ4v) is 3.32. The largest absolute Gasteiger partial charge is 0.469 e. The predicted octanol–water partition coefficient (Wildman–Crippen LogP) is 4.22. The number of hydrogen-bond acceptors (Lipinski definition) is 4. The minimum atomic E-state index is -4.65. The summed E-state index contributed by atoms with van der Waals surface area (Å²) in [6, 6.07) is -0.904. The number of nitrogens with one attached hydrogen (secondary N) is 1. The van der Waals surface area contributed by atoms with Gasteiger partial charge in [0.25, 0.3) is 0 Å². The number of hydrogen-bond donors (Lipinski definition) is 4. The SMILES string of the molecule is CCCCCCCCCCCCCC=C[C@@H](O)[C@H](COP(=O)(O)O)NC(C)=O. The lowest BCUT2D eigenvalue weighted by Crippen LogP contribution is -2.44. The van der Waals surface area contributed by atoms with Crippen molar-refractivity contribution in [3.8, 4) is 0 Å². The van der Waals surface area contributed by atoms with Gasteiger partial charge in [-0.2, -0.15) is 0 Å². The highest BCUT2D eigenvalue weighted by Gasteiger charge is 2.23. The second-order valence-electron chi connectivity index (χ2n) is 7.34. The van der Waals surface area contributed by atoms with Crippen LogP contribution in [0, 0.1) is 0 Å². The lowest BCUT2D eigenvalue weighted by Gasteiger charge is -2.21. The quantitative estimate of drug-likeness (QED) is 0.150. The van der Waals surface area contributed by atoms with Crippen LogP contribution < -0.4 is 5.32 Å². The van der Waals surface area contributed by atoms with E-state index in [2.05, 4.69) is 16.8 Å². The van der Waals surface area contributed by atoms with Crippen molar-refractivity contribution in [2.75, 3.05) is 6.61 Å². The number of unbranched alkanes of at least 4 members (excludes halogenated alkanes) is 11. The maximum absolute atomic E-state index is 11.2. The Bertz CT molecular complexity index is 466. The molecule has 1 amide bonds. The zero-order valence-electron chi connectivity index (χ0n) is 17.5. The maximum atomic E-state index is 11.2. The van der Waals surface area contributed by atoms with Crippen LogP contribution in [0.15, 0.2) is 12.2 Å². The summed E-state index contributed by atoms with van der Waals surface area (Å²) in [6.45, 7) is 3.04. The van der Waals surface area contributed by atoms with Crippen molar-refractivity contribution in [1.29, 1.82) is 0 Å². The maximum Gasteiger partial charge on any atom is 0.469 e. The number of phosphoric ester groups is 1. The molecule has 4 N–H and O–H groups in total. The normalized spacial score (nSPS) is 14.3. The highest BCUT2D eigenvalue weighted by atomic mass is 31.2. The molecule has 8 heteroatoms. The molecule has 0 aliphatic carbocycles. The predicted molar refractivity (Wildman–Crippen MR) is 112 cm³/mol. The second kappa shape index (κ2) is 17.2. The molecule has 166 valence electrons. The summed E-state index contributed by atoms with van der Waals surface area (Å²) in [7, 11) is -4.65. The molecule has 0 rings (SSSR count). The molecular weight excluding hydrogens is 381 g/mol. The Labute approximate surface area is 170 Å². The molecule has 0 fully saturated rings. The first-order valence-electron chi connectivity index (χ1n) is 10.6. The molecule has 0 saturated heterocycles. The Kier molecular flexibility index (Phi) is 16.7. The van der Waals surface area contributed by atoms with Crippen LogP contribution in [0.4, 0.5) is 0 Å². The number of carbonyl (C=O) groups is 1. The highest BCUT2D eigenvalue weighted by Crippen LogP contribution is 2.35. The topological polar surface area (TPSA) is 116 Å². The second-order valence-corrected chi connectivity index (χ2v) is 8.58. The van der Waals surface area contributed by atoms with E-state index in [1.807, 2.05) is 6.08 Å². The zero-order chi connectivity index (χ0) is 21.3. The number of aliphatic hydroxyl groups is 1. The average molecular weight is 422 g/mol. The summed E-state index contributed by atoms with van der Waals surface area (Å²) in [5, 5.41) is 12.5. The third-order valence-corrected chi connectivity index (χ3v) is 5.02. The Hall–Kier alpha value is -0.720. The van der Waals surface area contributed by atoms with E-state index < -0.39 is 32.5 Å². The van der Waals surface area contributed by atoms with Crippen molar-refractivity contribution in [1.82, 2.24) is 5.32 Å². The number of carbonyl (C=O) groups excluding carboxylic acids is 1. The first-order chi connectivity index (χ1) is 13.3. The van der Waals surface area contributed by atoms with Gasteiger partial charge in [0.1, 0.15) is 0 Å². The first-order valence-corrected chi connectivity index (χ1v) is 12.1. The molecule has 0 bridgehead atoms. The monoisotopic (exact) mass is 421 g/mol. The van der Waals surface area contributed by atoms with Crippen LogP contribution in [0.25, 0.3) is 0 Å². The number of rotatable bonds is 18. The van der Waals surface area contributed by atoms with E-state index in [4.69, 9.17) is 9.79 Å². The van der Waals surface area contributed by atoms with Gasteiger partial charge in [-0.25, -0.2) is 4.57 Å². The summed E-state index contributed by atoms with van der Waals surface area (Å²) < 4.78 is 15.2. The van der Waals surface area contributed by atoms with Gasteiger partial charge >= 0.3 is 7.82 Å².